The van der Waals surface area contributed by atoms with Crippen molar-refractivity contribution >= 4 is 12.4 Å². The van der Waals surface area contributed by atoms with Crippen LogP contribution in [0.25, 0.3) is 0 Å². The summed E-state index contributed by atoms with van der Waals surface area (Å²) in [6.45, 7) is 7.13. The summed E-state index contributed by atoms with van der Waals surface area (Å²) in [5.41, 5.74) is 1.38. The van der Waals surface area contributed by atoms with Crippen LogP contribution in [-0.2, 0) is 11.3 Å². The lowest BCUT2D eigenvalue weighted by molar-refractivity contribution is 0.0520. The Labute approximate surface area is 159 Å². The van der Waals surface area contributed by atoms with E-state index in [9.17, 15) is 0 Å². The number of nitrogens with zero attached hydrogens (tertiary/aromatic N) is 1. The first-order valence-corrected chi connectivity index (χ1v) is 9.52. The van der Waals surface area contributed by atoms with Gasteiger partial charge in [0.25, 0.3) is 0 Å². The first-order chi connectivity index (χ1) is 11.7. The van der Waals surface area contributed by atoms with Crippen LogP contribution in [0, 0.1) is 5.92 Å². The Morgan fingerprint density at radius 2 is 2.08 bits per heavy atom. The molecule has 2 aliphatic rings. The van der Waals surface area contributed by atoms with E-state index in [0.717, 1.165) is 38.8 Å². The maximum Gasteiger partial charge on any atom is 0.0623 e. The fraction of sp³-hybridized carbons (Fsp3) is 0.700. The summed E-state index contributed by atoms with van der Waals surface area (Å²) in [6.07, 6.45) is 3.97. The number of ether oxygens (including phenoxy) is 1. The molecule has 0 aromatic heterocycles. The highest BCUT2D eigenvalue weighted by atomic mass is 35.5. The van der Waals surface area contributed by atoms with Crippen molar-refractivity contribution in [1.82, 2.24) is 15.5 Å². The van der Waals surface area contributed by atoms with Gasteiger partial charge >= 0.3 is 0 Å². The molecule has 0 amide bonds. The lowest BCUT2D eigenvalue weighted by Gasteiger charge is -2.34. The van der Waals surface area contributed by atoms with Crippen molar-refractivity contribution in [2.75, 3.05) is 33.4 Å². The van der Waals surface area contributed by atoms with Crippen LogP contribution in [0.1, 0.15) is 31.7 Å². The Bertz CT molecular complexity index is 481. The normalized spacial score (nSPS) is 27.9. The van der Waals surface area contributed by atoms with E-state index in [1.165, 1.54) is 24.8 Å². The molecule has 1 heterocycles. The van der Waals surface area contributed by atoms with Crippen LogP contribution >= 0.6 is 12.4 Å². The van der Waals surface area contributed by atoms with Crippen molar-refractivity contribution < 1.29 is 4.74 Å². The minimum atomic E-state index is 0. The Morgan fingerprint density at radius 3 is 2.80 bits per heavy atom. The molecule has 4 nitrogen and oxygen atoms in total. The van der Waals surface area contributed by atoms with Gasteiger partial charge in [-0.25, -0.2) is 0 Å². The first kappa shape index (κ1) is 20.7. The number of hydrogen-bond donors (Lipinski definition) is 2. The molecule has 1 saturated heterocycles. The van der Waals surface area contributed by atoms with Crippen LogP contribution < -0.4 is 10.6 Å². The largest absolute Gasteiger partial charge is 0.379 e. The van der Waals surface area contributed by atoms with Gasteiger partial charge in [-0.15, -0.1) is 12.4 Å². The molecule has 1 aliphatic carbocycles. The van der Waals surface area contributed by atoms with Gasteiger partial charge in [0.15, 0.2) is 0 Å². The average molecular weight is 368 g/mol. The zero-order chi connectivity index (χ0) is 16.8. The first-order valence-electron chi connectivity index (χ1n) is 9.52. The van der Waals surface area contributed by atoms with Gasteiger partial charge in [-0.3, -0.25) is 4.90 Å². The Hall–Kier alpha value is -0.650. The molecule has 4 atom stereocenters. The van der Waals surface area contributed by atoms with Crippen LogP contribution in [0.15, 0.2) is 30.3 Å². The predicted octanol–water partition coefficient (Wildman–Crippen LogP) is 2.68. The molecule has 5 heteroatoms. The molecule has 1 aromatic carbocycles. The summed E-state index contributed by atoms with van der Waals surface area (Å²) < 4.78 is 5.67. The minimum absolute atomic E-state index is 0. The quantitative estimate of drug-likeness (QED) is 0.776. The van der Waals surface area contributed by atoms with Gasteiger partial charge in [0.1, 0.15) is 0 Å². The zero-order valence-corrected chi connectivity index (χ0v) is 16.4. The number of benzene rings is 1. The number of morpholine rings is 1. The van der Waals surface area contributed by atoms with Gasteiger partial charge in [-0.1, -0.05) is 36.8 Å². The summed E-state index contributed by atoms with van der Waals surface area (Å²) >= 11 is 0. The topological polar surface area (TPSA) is 36.5 Å². The summed E-state index contributed by atoms with van der Waals surface area (Å²) in [7, 11) is 2.22. The molecule has 1 aliphatic heterocycles. The highest BCUT2D eigenvalue weighted by Gasteiger charge is 2.34. The summed E-state index contributed by atoms with van der Waals surface area (Å²) in [4.78, 5) is 2.44. The smallest absolute Gasteiger partial charge is 0.0623 e. The molecule has 1 aromatic rings. The molecule has 1 saturated carbocycles. The Kier molecular flexibility index (Phi) is 8.67. The molecule has 0 radical (unpaired) electrons. The number of nitrogens with one attached hydrogen (secondary N) is 2. The van der Waals surface area contributed by atoms with Crippen molar-refractivity contribution in [2.45, 2.75) is 50.9 Å². The SMILES string of the molecule is CC(CNC1CCCC1C1COCCN1)N(C)Cc1ccccc1.Cl. The molecular formula is C20H34ClN3O. The van der Waals surface area contributed by atoms with Gasteiger partial charge in [-0.05, 0) is 38.3 Å². The number of rotatable bonds is 7. The summed E-state index contributed by atoms with van der Waals surface area (Å²) in [5.74, 6) is 0.719. The van der Waals surface area contributed by atoms with Crippen LogP contribution in [-0.4, -0.2) is 56.4 Å². The standard InChI is InChI=1S/C20H33N3O.ClH/c1-16(23(2)14-17-7-4-3-5-8-17)13-22-19-10-6-9-18(19)20-15-24-12-11-21-20;/h3-5,7-8,16,18-22H,6,9-15H2,1-2H3;1H. The van der Waals surface area contributed by atoms with Crippen molar-refractivity contribution in [3.63, 3.8) is 0 Å². The maximum absolute atomic E-state index is 5.67. The Morgan fingerprint density at radius 1 is 1.28 bits per heavy atom. The van der Waals surface area contributed by atoms with Gasteiger partial charge in [0.05, 0.1) is 13.2 Å². The van der Waals surface area contributed by atoms with Crippen LogP contribution in [0.4, 0.5) is 0 Å². The highest BCUT2D eigenvalue weighted by Crippen LogP contribution is 2.29. The van der Waals surface area contributed by atoms with E-state index in [1.54, 1.807) is 0 Å². The highest BCUT2D eigenvalue weighted by molar-refractivity contribution is 5.85. The van der Waals surface area contributed by atoms with Gasteiger partial charge in [0.2, 0.25) is 0 Å². The lowest BCUT2D eigenvalue weighted by Crippen LogP contribution is -2.52. The summed E-state index contributed by atoms with van der Waals surface area (Å²) in [5, 5.41) is 7.52. The van der Waals surface area contributed by atoms with Crippen LogP contribution in [0.5, 0.6) is 0 Å². The minimum Gasteiger partial charge on any atom is -0.379 e. The van der Waals surface area contributed by atoms with E-state index >= 15 is 0 Å². The molecule has 2 fully saturated rings. The van der Waals surface area contributed by atoms with Crippen molar-refractivity contribution in [3.8, 4) is 0 Å². The summed E-state index contributed by atoms with van der Waals surface area (Å²) in [6, 6.07) is 12.4. The fourth-order valence-corrected chi connectivity index (χ4v) is 4.09. The van der Waals surface area contributed by atoms with Crippen molar-refractivity contribution in [3.05, 3.63) is 35.9 Å². The average Bonchev–Trinajstić information content (AvgIpc) is 3.10. The third kappa shape index (κ3) is 5.93. The van der Waals surface area contributed by atoms with Crippen molar-refractivity contribution in [1.29, 1.82) is 0 Å². The number of likely N-dealkylation sites (N-methyl/N-ethyl adjacent to an activating group) is 1. The molecular weight excluding hydrogens is 334 g/mol. The second-order valence-corrected chi connectivity index (χ2v) is 7.49. The van der Waals surface area contributed by atoms with Gasteiger partial charge in [-0.2, -0.15) is 0 Å². The van der Waals surface area contributed by atoms with E-state index in [4.69, 9.17) is 4.74 Å². The molecule has 3 rings (SSSR count). The Balaban J connectivity index is 0.00000225. The van der Waals surface area contributed by atoms with E-state index < -0.39 is 0 Å². The predicted molar refractivity (Wildman–Crippen MR) is 106 cm³/mol. The number of hydrogen-bond acceptors (Lipinski definition) is 4. The van der Waals surface area contributed by atoms with Crippen LogP contribution in [0.2, 0.25) is 0 Å². The maximum atomic E-state index is 5.67. The molecule has 142 valence electrons. The molecule has 0 spiro atoms. The zero-order valence-electron chi connectivity index (χ0n) is 15.6. The molecule has 0 bridgehead atoms. The second kappa shape index (κ2) is 10.5. The molecule has 25 heavy (non-hydrogen) atoms. The van der Waals surface area contributed by atoms with Crippen molar-refractivity contribution in [2.24, 2.45) is 5.92 Å². The third-order valence-electron chi connectivity index (χ3n) is 5.74. The number of halogens is 1. The van der Waals surface area contributed by atoms with Gasteiger partial charge < -0.3 is 15.4 Å². The van der Waals surface area contributed by atoms with E-state index in [2.05, 4.69) is 59.8 Å². The van der Waals surface area contributed by atoms with Crippen LogP contribution in [0.3, 0.4) is 0 Å². The third-order valence-corrected chi connectivity index (χ3v) is 5.74. The van der Waals surface area contributed by atoms with E-state index in [1.807, 2.05) is 0 Å². The molecule has 2 N–H and O–H groups in total. The monoisotopic (exact) mass is 367 g/mol. The van der Waals surface area contributed by atoms with E-state index in [-0.39, 0.29) is 12.4 Å². The second-order valence-electron chi connectivity index (χ2n) is 7.49. The van der Waals surface area contributed by atoms with E-state index in [0.29, 0.717) is 18.1 Å². The van der Waals surface area contributed by atoms with Gasteiger partial charge in [0, 0.05) is 37.8 Å². The fourth-order valence-electron chi connectivity index (χ4n) is 4.09. The molecule has 4 unspecified atom stereocenters. The lowest BCUT2D eigenvalue weighted by atomic mass is 9.94.